The number of piperidine rings is 1. The van der Waals surface area contributed by atoms with Gasteiger partial charge in [0.25, 0.3) is 0 Å². The first-order valence-corrected chi connectivity index (χ1v) is 8.47. The lowest BCUT2D eigenvalue weighted by Crippen LogP contribution is -2.49. The van der Waals surface area contributed by atoms with Crippen LogP contribution in [0.25, 0.3) is 0 Å². The molecule has 142 valence electrons. The maximum Gasteiger partial charge on any atom is 0.241 e. The van der Waals surface area contributed by atoms with E-state index in [-0.39, 0.29) is 36.7 Å². The van der Waals surface area contributed by atoms with Crippen molar-refractivity contribution >= 4 is 24.2 Å². The first kappa shape index (κ1) is 21.4. The summed E-state index contributed by atoms with van der Waals surface area (Å²) in [6.07, 6.45) is 2.67. The predicted molar refractivity (Wildman–Crippen MR) is 95.1 cm³/mol. The average Bonchev–Trinajstić information content (AvgIpc) is 2.96. The van der Waals surface area contributed by atoms with Gasteiger partial charge in [0.1, 0.15) is 0 Å². The van der Waals surface area contributed by atoms with Crippen LogP contribution in [-0.2, 0) is 16.0 Å². The molecule has 0 radical (unpaired) electrons. The number of aromatic nitrogens is 2. The summed E-state index contributed by atoms with van der Waals surface area (Å²) in [6.45, 7) is 6.87. The minimum absolute atomic E-state index is 0. The second-order valence-corrected chi connectivity index (χ2v) is 6.77. The molecule has 2 amide bonds. The molecule has 1 aromatic heterocycles. The predicted octanol–water partition coefficient (Wildman–Crippen LogP) is 0.680. The van der Waals surface area contributed by atoms with E-state index in [0.29, 0.717) is 37.1 Å². The smallest absolute Gasteiger partial charge is 0.241 e. The Morgan fingerprint density at radius 3 is 2.76 bits per heavy atom. The Kier molecular flexibility index (Phi) is 8.31. The van der Waals surface area contributed by atoms with Crippen molar-refractivity contribution in [1.82, 2.24) is 20.4 Å². The van der Waals surface area contributed by atoms with Gasteiger partial charge in [-0.15, -0.1) is 12.4 Å². The fraction of sp³-hybridized carbons (Fsp3) is 0.750. The number of rotatable bonds is 6. The zero-order valence-electron chi connectivity index (χ0n) is 15.0. The van der Waals surface area contributed by atoms with E-state index in [2.05, 4.69) is 15.5 Å². The van der Waals surface area contributed by atoms with Gasteiger partial charge in [-0.3, -0.25) is 9.59 Å². The molecule has 1 aromatic rings. The van der Waals surface area contributed by atoms with Crippen molar-refractivity contribution in [3.63, 3.8) is 0 Å². The number of amides is 2. The molecule has 25 heavy (non-hydrogen) atoms. The SMILES string of the molecule is Cc1nc(CC2CCCN(C(=O)CNC(=O)[C@@H](N)C(C)C)C2)no1.Cl. The minimum Gasteiger partial charge on any atom is -0.346 e. The maximum absolute atomic E-state index is 12.3. The Labute approximate surface area is 154 Å². The number of aryl methyl sites for hydroxylation is 1. The Hall–Kier alpha value is -1.67. The third kappa shape index (κ3) is 6.28. The van der Waals surface area contributed by atoms with Gasteiger partial charge in [0.15, 0.2) is 5.82 Å². The standard InChI is InChI=1S/C16H27N5O3.ClH/c1-10(2)15(17)16(23)18-8-14(22)21-6-4-5-12(9-21)7-13-19-11(3)24-20-13;/h10,12,15H,4-9,17H2,1-3H3,(H,18,23);1H/t12?,15-;/m0./s1. The lowest BCUT2D eigenvalue weighted by atomic mass is 9.94. The molecule has 0 spiro atoms. The van der Waals surface area contributed by atoms with E-state index in [9.17, 15) is 9.59 Å². The van der Waals surface area contributed by atoms with Gasteiger partial charge in [0.05, 0.1) is 12.6 Å². The molecule has 2 atom stereocenters. The number of hydrogen-bond acceptors (Lipinski definition) is 6. The summed E-state index contributed by atoms with van der Waals surface area (Å²) in [5.74, 6) is 1.23. The van der Waals surface area contributed by atoms with Gasteiger partial charge < -0.3 is 20.5 Å². The fourth-order valence-electron chi connectivity index (χ4n) is 2.84. The zero-order valence-corrected chi connectivity index (χ0v) is 15.8. The Bertz CT molecular complexity index is 578. The van der Waals surface area contributed by atoms with Crippen molar-refractivity contribution < 1.29 is 14.1 Å². The van der Waals surface area contributed by atoms with Gasteiger partial charge in [-0.2, -0.15) is 4.98 Å². The molecule has 1 saturated heterocycles. The average molecular weight is 374 g/mol. The molecule has 2 rings (SSSR count). The number of carbonyl (C=O) groups excluding carboxylic acids is 2. The summed E-state index contributed by atoms with van der Waals surface area (Å²) >= 11 is 0. The summed E-state index contributed by atoms with van der Waals surface area (Å²) in [7, 11) is 0. The zero-order chi connectivity index (χ0) is 17.7. The Balaban J connectivity index is 0.00000312. The largest absolute Gasteiger partial charge is 0.346 e. The van der Waals surface area contributed by atoms with Crippen LogP contribution in [0.3, 0.4) is 0 Å². The lowest BCUT2D eigenvalue weighted by molar-refractivity contribution is -0.134. The van der Waals surface area contributed by atoms with E-state index in [1.165, 1.54) is 0 Å². The van der Waals surface area contributed by atoms with Crippen LogP contribution in [-0.4, -0.2) is 52.5 Å². The molecule has 3 N–H and O–H groups in total. The van der Waals surface area contributed by atoms with Gasteiger partial charge in [0.2, 0.25) is 17.7 Å². The highest BCUT2D eigenvalue weighted by atomic mass is 35.5. The normalized spacial score (nSPS) is 18.6. The quantitative estimate of drug-likeness (QED) is 0.757. The van der Waals surface area contributed by atoms with Crippen LogP contribution in [0.4, 0.5) is 0 Å². The molecule has 0 aromatic carbocycles. The van der Waals surface area contributed by atoms with Crippen molar-refractivity contribution in [1.29, 1.82) is 0 Å². The van der Waals surface area contributed by atoms with Gasteiger partial charge in [-0.05, 0) is 24.7 Å². The molecule has 0 aliphatic carbocycles. The molecule has 1 aliphatic heterocycles. The van der Waals surface area contributed by atoms with Crippen LogP contribution in [0.5, 0.6) is 0 Å². The topological polar surface area (TPSA) is 114 Å². The van der Waals surface area contributed by atoms with Crippen LogP contribution >= 0.6 is 12.4 Å². The summed E-state index contributed by atoms with van der Waals surface area (Å²) in [5, 5.41) is 6.55. The van der Waals surface area contributed by atoms with E-state index < -0.39 is 6.04 Å². The number of nitrogens with zero attached hydrogens (tertiary/aromatic N) is 3. The maximum atomic E-state index is 12.3. The van der Waals surface area contributed by atoms with E-state index in [1.807, 2.05) is 13.8 Å². The van der Waals surface area contributed by atoms with Gasteiger partial charge >= 0.3 is 0 Å². The highest BCUT2D eigenvalue weighted by Crippen LogP contribution is 2.19. The summed E-state index contributed by atoms with van der Waals surface area (Å²) in [4.78, 5) is 30.2. The molecule has 8 nitrogen and oxygen atoms in total. The molecule has 1 fully saturated rings. The van der Waals surface area contributed by atoms with E-state index in [1.54, 1.807) is 11.8 Å². The first-order chi connectivity index (χ1) is 11.4. The van der Waals surface area contributed by atoms with Crippen molar-refractivity contribution in [3.8, 4) is 0 Å². The van der Waals surface area contributed by atoms with Crippen LogP contribution in [0.2, 0.25) is 0 Å². The first-order valence-electron chi connectivity index (χ1n) is 8.47. The van der Waals surface area contributed by atoms with Gasteiger partial charge in [0, 0.05) is 26.4 Å². The van der Waals surface area contributed by atoms with E-state index in [4.69, 9.17) is 10.3 Å². The van der Waals surface area contributed by atoms with Crippen LogP contribution in [0, 0.1) is 18.8 Å². The molecular weight excluding hydrogens is 346 g/mol. The molecule has 1 aliphatic rings. The molecule has 9 heteroatoms. The third-order valence-electron chi connectivity index (χ3n) is 4.35. The van der Waals surface area contributed by atoms with Crippen molar-refractivity contribution in [2.75, 3.05) is 19.6 Å². The monoisotopic (exact) mass is 373 g/mol. The highest BCUT2D eigenvalue weighted by Gasteiger charge is 2.26. The number of halogens is 1. The van der Waals surface area contributed by atoms with Crippen molar-refractivity contribution in [2.24, 2.45) is 17.6 Å². The van der Waals surface area contributed by atoms with Crippen LogP contribution in [0.1, 0.15) is 38.4 Å². The Morgan fingerprint density at radius 1 is 1.44 bits per heavy atom. The van der Waals surface area contributed by atoms with Crippen LogP contribution in [0.15, 0.2) is 4.52 Å². The number of nitrogens with two attached hydrogens (primary N) is 1. The fourth-order valence-corrected chi connectivity index (χ4v) is 2.84. The number of nitrogens with one attached hydrogen (secondary N) is 1. The number of hydrogen-bond donors (Lipinski definition) is 2. The minimum atomic E-state index is -0.589. The van der Waals surface area contributed by atoms with Gasteiger partial charge in [-0.1, -0.05) is 19.0 Å². The second kappa shape index (κ2) is 9.72. The Morgan fingerprint density at radius 2 is 2.16 bits per heavy atom. The summed E-state index contributed by atoms with van der Waals surface area (Å²) in [5.41, 5.74) is 5.77. The van der Waals surface area contributed by atoms with Crippen molar-refractivity contribution in [2.45, 2.75) is 46.1 Å². The molecule has 2 heterocycles. The molecule has 0 saturated carbocycles. The van der Waals surface area contributed by atoms with E-state index >= 15 is 0 Å². The second-order valence-electron chi connectivity index (χ2n) is 6.77. The lowest BCUT2D eigenvalue weighted by Gasteiger charge is -2.32. The summed E-state index contributed by atoms with van der Waals surface area (Å²) < 4.78 is 4.99. The molecule has 1 unspecified atom stereocenters. The van der Waals surface area contributed by atoms with Crippen LogP contribution < -0.4 is 11.1 Å². The third-order valence-corrected chi connectivity index (χ3v) is 4.35. The highest BCUT2D eigenvalue weighted by molar-refractivity contribution is 5.87. The van der Waals surface area contributed by atoms with Crippen molar-refractivity contribution in [3.05, 3.63) is 11.7 Å². The molecular formula is C16H28ClN5O3. The number of likely N-dealkylation sites (tertiary alicyclic amines) is 1. The molecule has 0 bridgehead atoms. The van der Waals surface area contributed by atoms with Gasteiger partial charge in [-0.25, -0.2) is 0 Å². The summed E-state index contributed by atoms with van der Waals surface area (Å²) in [6, 6.07) is -0.589. The van der Waals surface area contributed by atoms with E-state index in [0.717, 1.165) is 12.8 Å². The number of carbonyl (C=O) groups is 2.